The number of nitrogens with zero attached hydrogens (tertiary/aromatic N) is 1. The van der Waals surface area contributed by atoms with Gasteiger partial charge in [-0.1, -0.05) is 0 Å². The molecule has 0 unspecified atom stereocenters. The minimum atomic E-state index is -0.0654. The van der Waals surface area contributed by atoms with Crippen molar-refractivity contribution in [3.63, 3.8) is 0 Å². The molecular weight excluding hydrogens is 130 g/mol. The lowest BCUT2D eigenvalue weighted by molar-refractivity contribution is -0.182. The maximum absolute atomic E-state index is 10.9. The van der Waals surface area contributed by atoms with E-state index < -0.39 is 0 Å². The van der Waals surface area contributed by atoms with Gasteiger partial charge in [0, 0.05) is 13.0 Å². The lowest BCUT2D eigenvalue weighted by Gasteiger charge is -2.17. The predicted octanol–water partition coefficient (Wildman–Crippen LogP) is 1.01. The molecule has 0 fully saturated rings. The van der Waals surface area contributed by atoms with Crippen LogP contribution in [0.25, 0.3) is 0 Å². The van der Waals surface area contributed by atoms with E-state index in [1.807, 2.05) is 13.8 Å². The van der Waals surface area contributed by atoms with Gasteiger partial charge in [-0.25, -0.2) is 5.06 Å². The molecule has 0 aromatic heterocycles. The van der Waals surface area contributed by atoms with E-state index >= 15 is 0 Å². The van der Waals surface area contributed by atoms with Crippen molar-refractivity contribution in [1.82, 2.24) is 5.06 Å². The van der Waals surface area contributed by atoms with Gasteiger partial charge >= 0.3 is 0 Å². The molecule has 59 valence electrons. The fourth-order valence-corrected chi connectivity index (χ4v) is 0.620. The third-order valence-corrected chi connectivity index (χ3v) is 1.06. The second-order valence-corrected chi connectivity index (χ2v) is 1.76. The molecular formula is C7H14NO2. The van der Waals surface area contributed by atoms with E-state index in [1.165, 1.54) is 5.06 Å². The summed E-state index contributed by atoms with van der Waals surface area (Å²) in [6.45, 7) is 8.29. The van der Waals surface area contributed by atoms with Crippen molar-refractivity contribution in [1.29, 1.82) is 0 Å². The number of amides is 1. The third-order valence-electron chi connectivity index (χ3n) is 1.06. The van der Waals surface area contributed by atoms with Gasteiger partial charge in [0.1, 0.15) is 0 Å². The van der Waals surface area contributed by atoms with Crippen LogP contribution in [0.1, 0.15) is 20.3 Å². The number of rotatable bonds is 4. The van der Waals surface area contributed by atoms with Gasteiger partial charge in [0.05, 0.1) is 6.61 Å². The summed E-state index contributed by atoms with van der Waals surface area (Å²) in [4.78, 5) is 15.9. The van der Waals surface area contributed by atoms with Gasteiger partial charge < -0.3 is 0 Å². The summed E-state index contributed by atoms with van der Waals surface area (Å²) in [5.41, 5.74) is 0. The van der Waals surface area contributed by atoms with E-state index in [1.54, 1.807) is 0 Å². The summed E-state index contributed by atoms with van der Waals surface area (Å²) < 4.78 is 0. The number of hydrogen-bond acceptors (Lipinski definition) is 2. The highest BCUT2D eigenvalue weighted by atomic mass is 16.7. The zero-order valence-electron chi connectivity index (χ0n) is 6.59. The minimum absolute atomic E-state index is 0.0654. The third kappa shape index (κ3) is 2.82. The van der Waals surface area contributed by atoms with E-state index in [-0.39, 0.29) is 12.3 Å². The van der Waals surface area contributed by atoms with E-state index in [0.29, 0.717) is 13.2 Å². The first kappa shape index (κ1) is 9.43. The van der Waals surface area contributed by atoms with Crippen LogP contribution < -0.4 is 0 Å². The minimum Gasteiger partial charge on any atom is -0.273 e. The maximum Gasteiger partial charge on any atom is 0.246 e. The summed E-state index contributed by atoms with van der Waals surface area (Å²) in [7, 11) is 0. The summed E-state index contributed by atoms with van der Waals surface area (Å²) >= 11 is 0. The Kier molecular flexibility index (Phi) is 4.94. The highest BCUT2D eigenvalue weighted by Gasteiger charge is 2.07. The zero-order chi connectivity index (χ0) is 7.98. The van der Waals surface area contributed by atoms with Crippen molar-refractivity contribution in [2.24, 2.45) is 0 Å². The molecule has 1 amide bonds. The van der Waals surface area contributed by atoms with E-state index in [4.69, 9.17) is 4.84 Å². The van der Waals surface area contributed by atoms with Crippen molar-refractivity contribution < 1.29 is 9.63 Å². The number of hydroxylamine groups is 2. The first-order chi connectivity index (χ1) is 4.76. The Hall–Kier alpha value is -0.570. The molecule has 0 aromatic carbocycles. The highest BCUT2D eigenvalue weighted by molar-refractivity contribution is 5.75. The van der Waals surface area contributed by atoms with Crippen LogP contribution >= 0.6 is 0 Å². The number of carbonyl (C=O) groups is 1. The largest absolute Gasteiger partial charge is 0.273 e. The number of hydrogen-bond donors (Lipinski definition) is 0. The average Bonchev–Trinajstić information content (AvgIpc) is 1.99. The monoisotopic (exact) mass is 144 g/mol. The first-order valence-corrected chi connectivity index (χ1v) is 3.48. The molecule has 0 aliphatic rings. The van der Waals surface area contributed by atoms with Crippen LogP contribution in [0.2, 0.25) is 0 Å². The second kappa shape index (κ2) is 5.23. The summed E-state index contributed by atoms with van der Waals surface area (Å²) in [5.74, 6) is -0.0654. The van der Waals surface area contributed by atoms with Gasteiger partial charge in [-0.2, -0.15) is 0 Å². The van der Waals surface area contributed by atoms with E-state index in [2.05, 4.69) is 6.92 Å². The highest BCUT2D eigenvalue weighted by Crippen LogP contribution is 1.93. The molecule has 0 aliphatic heterocycles. The molecule has 0 N–H and O–H groups in total. The van der Waals surface area contributed by atoms with Crippen LogP contribution in [0, 0.1) is 6.92 Å². The molecule has 3 nitrogen and oxygen atoms in total. The smallest absolute Gasteiger partial charge is 0.246 e. The molecule has 10 heavy (non-hydrogen) atoms. The van der Waals surface area contributed by atoms with E-state index in [9.17, 15) is 4.79 Å². The summed E-state index contributed by atoms with van der Waals surface area (Å²) in [6, 6.07) is 0. The molecule has 0 bridgehead atoms. The van der Waals surface area contributed by atoms with Crippen molar-refractivity contribution in [2.75, 3.05) is 13.2 Å². The average molecular weight is 144 g/mol. The standard InChI is InChI=1S/C7H14NO2/c1-4-7(9)8(5-2)10-6-3/h1,4-6H2,2-3H3. The van der Waals surface area contributed by atoms with Gasteiger partial charge in [0.15, 0.2) is 0 Å². The van der Waals surface area contributed by atoms with Crippen molar-refractivity contribution >= 4 is 5.91 Å². The molecule has 0 heterocycles. The quantitative estimate of drug-likeness (QED) is 0.551. The lowest BCUT2D eigenvalue weighted by Crippen LogP contribution is -2.30. The van der Waals surface area contributed by atoms with Gasteiger partial charge in [-0.3, -0.25) is 9.63 Å². The second-order valence-electron chi connectivity index (χ2n) is 1.76. The van der Waals surface area contributed by atoms with Gasteiger partial charge in [0.2, 0.25) is 5.91 Å². The number of carbonyl (C=O) groups excluding carboxylic acids is 1. The fourth-order valence-electron chi connectivity index (χ4n) is 0.620. The van der Waals surface area contributed by atoms with Gasteiger partial charge in [-0.05, 0) is 20.8 Å². The van der Waals surface area contributed by atoms with Crippen LogP contribution in [-0.4, -0.2) is 24.1 Å². The molecule has 0 saturated heterocycles. The Morgan fingerprint density at radius 3 is 2.50 bits per heavy atom. The summed E-state index contributed by atoms with van der Waals surface area (Å²) in [5, 5.41) is 1.33. The van der Waals surface area contributed by atoms with Gasteiger partial charge in [0.25, 0.3) is 0 Å². The molecule has 0 aliphatic carbocycles. The molecule has 0 saturated carbocycles. The lowest BCUT2D eigenvalue weighted by atomic mass is 10.4. The maximum atomic E-state index is 10.9. The Morgan fingerprint density at radius 2 is 2.20 bits per heavy atom. The van der Waals surface area contributed by atoms with Crippen molar-refractivity contribution in [3.8, 4) is 0 Å². The zero-order valence-corrected chi connectivity index (χ0v) is 6.59. The van der Waals surface area contributed by atoms with Crippen LogP contribution in [0.4, 0.5) is 0 Å². The SMILES string of the molecule is [CH2]CC(=O)N(CC)OCC. The molecule has 0 rings (SSSR count). The predicted molar refractivity (Wildman–Crippen MR) is 39.0 cm³/mol. The van der Waals surface area contributed by atoms with Crippen LogP contribution in [0.5, 0.6) is 0 Å². The van der Waals surface area contributed by atoms with Crippen molar-refractivity contribution in [3.05, 3.63) is 6.92 Å². The Labute approximate surface area is 61.9 Å². The fraction of sp³-hybridized carbons (Fsp3) is 0.714. The van der Waals surface area contributed by atoms with Crippen molar-refractivity contribution in [2.45, 2.75) is 20.3 Å². The van der Waals surface area contributed by atoms with Crippen LogP contribution in [-0.2, 0) is 9.63 Å². The van der Waals surface area contributed by atoms with Gasteiger partial charge in [-0.15, -0.1) is 0 Å². The molecule has 3 heteroatoms. The van der Waals surface area contributed by atoms with Crippen LogP contribution in [0.3, 0.4) is 0 Å². The van der Waals surface area contributed by atoms with E-state index in [0.717, 1.165) is 0 Å². The summed E-state index contributed by atoms with van der Waals surface area (Å²) in [6.07, 6.45) is 0.258. The first-order valence-electron chi connectivity index (χ1n) is 3.48. The Balaban J connectivity index is 3.68. The molecule has 0 spiro atoms. The Bertz CT molecular complexity index is 104. The Morgan fingerprint density at radius 1 is 1.60 bits per heavy atom. The normalized spacial score (nSPS) is 9.50. The molecule has 0 atom stereocenters. The van der Waals surface area contributed by atoms with Crippen LogP contribution in [0.15, 0.2) is 0 Å². The molecule has 0 aromatic rings. The molecule has 1 radical (unpaired) electrons. The topological polar surface area (TPSA) is 29.5 Å².